The number of halogens is 3. The van der Waals surface area contributed by atoms with Crippen LogP contribution >= 0.6 is 0 Å². The van der Waals surface area contributed by atoms with Crippen LogP contribution in [-0.2, 0) is 11.0 Å². The van der Waals surface area contributed by atoms with Gasteiger partial charge in [-0.2, -0.15) is 18.3 Å². The Kier molecular flexibility index (Phi) is 7.40. The number of hydrogen-bond acceptors (Lipinski definition) is 6. The molecule has 30 heavy (non-hydrogen) atoms. The number of anilines is 2. The molecule has 0 unspecified atom stereocenters. The van der Waals surface area contributed by atoms with Gasteiger partial charge < -0.3 is 20.6 Å². The van der Waals surface area contributed by atoms with Gasteiger partial charge in [0.15, 0.2) is 6.61 Å². The monoisotopic (exact) mass is 422 g/mol. The third-order valence-electron chi connectivity index (χ3n) is 4.00. The molecule has 0 aliphatic rings. The van der Waals surface area contributed by atoms with Crippen LogP contribution in [0, 0.1) is 12.3 Å². The van der Waals surface area contributed by atoms with E-state index in [1.165, 1.54) is 12.1 Å². The standard InChI is InChI=1S/C20H21F3N4O3/c1-12-9-16(7-8-18(12)30-11-19(28)29)25-10-17(24)13(2)26-27-15-5-3-14(4-6-15)20(21,22)23/h3-9,24-25,27H,10-11H2,1-2H3,(H,28,29)/b24-17?,26-13-. The molecule has 2 aromatic carbocycles. The third-order valence-corrected chi connectivity index (χ3v) is 4.00. The molecular weight excluding hydrogens is 401 g/mol. The topological polar surface area (TPSA) is 107 Å². The molecule has 10 heteroatoms. The summed E-state index contributed by atoms with van der Waals surface area (Å²) >= 11 is 0. The van der Waals surface area contributed by atoms with E-state index < -0.39 is 24.3 Å². The Balaban J connectivity index is 1.89. The van der Waals surface area contributed by atoms with Crippen LogP contribution < -0.4 is 15.5 Å². The van der Waals surface area contributed by atoms with Gasteiger partial charge in [0.25, 0.3) is 0 Å². The van der Waals surface area contributed by atoms with Gasteiger partial charge in [-0.05, 0) is 61.9 Å². The molecule has 160 valence electrons. The Labute approximate surface area is 171 Å². The normalized spacial score (nSPS) is 11.7. The number of hydrogen-bond donors (Lipinski definition) is 4. The summed E-state index contributed by atoms with van der Waals surface area (Å²) in [6.45, 7) is 3.11. The maximum absolute atomic E-state index is 12.6. The van der Waals surface area contributed by atoms with E-state index in [9.17, 15) is 18.0 Å². The van der Waals surface area contributed by atoms with Crippen molar-refractivity contribution in [1.29, 1.82) is 5.41 Å². The molecule has 0 saturated heterocycles. The molecule has 7 nitrogen and oxygen atoms in total. The Bertz CT molecular complexity index is 941. The minimum atomic E-state index is -4.40. The van der Waals surface area contributed by atoms with E-state index >= 15 is 0 Å². The zero-order valence-electron chi connectivity index (χ0n) is 16.3. The highest BCUT2D eigenvalue weighted by Gasteiger charge is 2.29. The Hall–Kier alpha value is -3.56. The smallest absolute Gasteiger partial charge is 0.416 e. The molecule has 2 aromatic rings. The lowest BCUT2D eigenvalue weighted by Crippen LogP contribution is -2.21. The van der Waals surface area contributed by atoms with Gasteiger partial charge >= 0.3 is 12.1 Å². The molecule has 0 aliphatic carbocycles. The second kappa shape index (κ2) is 9.77. The number of nitrogens with zero attached hydrogens (tertiary/aromatic N) is 1. The Morgan fingerprint density at radius 1 is 1.17 bits per heavy atom. The summed E-state index contributed by atoms with van der Waals surface area (Å²) in [7, 11) is 0. The summed E-state index contributed by atoms with van der Waals surface area (Å²) in [6, 6.07) is 9.52. The summed E-state index contributed by atoms with van der Waals surface area (Å²) in [5.41, 5.74) is 4.24. The molecule has 0 saturated carbocycles. The van der Waals surface area contributed by atoms with Crippen LogP contribution in [0.2, 0.25) is 0 Å². The van der Waals surface area contributed by atoms with E-state index in [1.807, 2.05) is 0 Å². The van der Waals surface area contributed by atoms with Crippen molar-refractivity contribution >= 4 is 28.8 Å². The molecule has 0 amide bonds. The van der Waals surface area contributed by atoms with Gasteiger partial charge in [0, 0.05) is 5.69 Å². The first-order chi connectivity index (χ1) is 14.1. The minimum Gasteiger partial charge on any atom is -0.482 e. The van der Waals surface area contributed by atoms with E-state index in [4.69, 9.17) is 15.3 Å². The largest absolute Gasteiger partial charge is 0.482 e. The highest BCUT2D eigenvalue weighted by Crippen LogP contribution is 2.29. The number of carboxylic acid groups (broad SMARTS) is 1. The number of alkyl halides is 3. The molecule has 0 bridgehead atoms. The van der Waals surface area contributed by atoms with Crippen molar-refractivity contribution in [3.63, 3.8) is 0 Å². The fourth-order valence-corrected chi connectivity index (χ4v) is 2.33. The van der Waals surface area contributed by atoms with E-state index in [0.29, 0.717) is 22.8 Å². The number of hydrazone groups is 1. The zero-order valence-corrected chi connectivity index (χ0v) is 16.3. The minimum absolute atomic E-state index is 0.165. The van der Waals surface area contributed by atoms with Gasteiger partial charge in [-0.3, -0.25) is 5.43 Å². The average molecular weight is 422 g/mol. The first-order valence-corrected chi connectivity index (χ1v) is 8.80. The van der Waals surface area contributed by atoms with Gasteiger partial charge in [-0.25, -0.2) is 4.79 Å². The maximum atomic E-state index is 12.6. The highest BCUT2D eigenvalue weighted by molar-refractivity contribution is 6.41. The van der Waals surface area contributed by atoms with E-state index in [2.05, 4.69) is 15.8 Å². The first-order valence-electron chi connectivity index (χ1n) is 8.80. The van der Waals surface area contributed by atoms with Crippen LogP contribution in [0.25, 0.3) is 0 Å². The summed E-state index contributed by atoms with van der Waals surface area (Å²) in [6.07, 6.45) is -4.40. The Morgan fingerprint density at radius 2 is 1.80 bits per heavy atom. The molecule has 0 spiro atoms. The van der Waals surface area contributed by atoms with Crippen LogP contribution in [0.1, 0.15) is 18.1 Å². The number of nitrogens with one attached hydrogen (secondary N) is 3. The van der Waals surface area contributed by atoms with Crippen LogP contribution in [0.15, 0.2) is 47.6 Å². The van der Waals surface area contributed by atoms with Crippen molar-refractivity contribution in [3.05, 3.63) is 53.6 Å². The molecule has 2 rings (SSSR count). The average Bonchev–Trinajstić information content (AvgIpc) is 2.69. The molecular formula is C20H21F3N4O3. The van der Waals surface area contributed by atoms with Gasteiger partial charge in [-0.15, -0.1) is 0 Å². The van der Waals surface area contributed by atoms with Crippen LogP contribution in [0.3, 0.4) is 0 Å². The predicted octanol–water partition coefficient (Wildman–Crippen LogP) is 4.40. The van der Waals surface area contributed by atoms with Crippen LogP contribution in [0.4, 0.5) is 24.5 Å². The number of carbonyl (C=O) groups is 1. The van der Waals surface area contributed by atoms with Crippen LogP contribution in [0.5, 0.6) is 5.75 Å². The fraction of sp³-hybridized carbons (Fsp3) is 0.250. The second-order valence-electron chi connectivity index (χ2n) is 6.38. The number of ether oxygens (including phenoxy) is 1. The molecule has 4 N–H and O–H groups in total. The van der Waals surface area contributed by atoms with Crippen molar-refractivity contribution in [2.45, 2.75) is 20.0 Å². The summed E-state index contributed by atoms with van der Waals surface area (Å²) in [5.74, 6) is -0.610. The van der Waals surface area contributed by atoms with E-state index in [-0.39, 0.29) is 12.3 Å². The van der Waals surface area contributed by atoms with Gasteiger partial charge in [-0.1, -0.05) is 0 Å². The zero-order chi connectivity index (χ0) is 22.3. The number of rotatable bonds is 9. The number of carboxylic acids is 1. The fourth-order valence-electron chi connectivity index (χ4n) is 2.33. The SMILES string of the molecule is C/C(=N/Nc1ccc(C(F)(F)F)cc1)C(=N)CNc1ccc(OCC(=O)O)c(C)c1. The molecule has 0 aromatic heterocycles. The predicted molar refractivity (Wildman–Crippen MR) is 109 cm³/mol. The van der Waals surface area contributed by atoms with Gasteiger partial charge in [0.2, 0.25) is 0 Å². The number of aryl methyl sites for hydroxylation is 1. The summed E-state index contributed by atoms with van der Waals surface area (Å²) < 4.78 is 42.9. The van der Waals surface area contributed by atoms with Crippen molar-refractivity contribution in [2.24, 2.45) is 5.10 Å². The third kappa shape index (κ3) is 6.80. The lowest BCUT2D eigenvalue weighted by Gasteiger charge is -2.12. The second-order valence-corrected chi connectivity index (χ2v) is 6.38. The lowest BCUT2D eigenvalue weighted by molar-refractivity contribution is -0.139. The molecule has 0 radical (unpaired) electrons. The van der Waals surface area contributed by atoms with Crippen molar-refractivity contribution in [2.75, 3.05) is 23.9 Å². The summed E-state index contributed by atoms with van der Waals surface area (Å²) in [5, 5.41) is 23.8. The van der Waals surface area contributed by atoms with Crippen LogP contribution in [-0.4, -0.2) is 35.7 Å². The van der Waals surface area contributed by atoms with Gasteiger partial charge in [0.05, 0.1) is 29.2 Å². The molecule has 0 fully saturated rings. The van der Waals surface area contributed by atoms with Gasteiger partial charge in [0.1, 0.15) is 5.75 Å². The van der Waals surface area contributed by atoms with Crippen molar-refractivity contribution in [3.8, 4) is 5.75 Å². The molecule has 0 atom stereocenters. The quantitative estimate of drug-likeness (QED) is 0.354. The molecule has 0 aliphatic heterocycles. The number of benzene rings is 2. The highest BCUT2D eigenvalue weighted by atomic mass is 19.4. The van der Waals surface area contributed by atoms with Crippen molar-refractivity contribution in [1.82, 2.24) is 0 Å². The summed E-state index contributed by atoms with van der Waals surface area (Å²) in [4.78, 5) is 10.6. The van der Waals surface area contributed by atoms with E-state index in [0.717, 1.165) is 17.7 Å². The first kappa shape index (κ1) is 22.7. The van der Waals surface area contributed by atoms with Crippen molar-refractivity contribution < 1.29 is 27.8 Å². The van der Waals surface area contributed by atoms with E-state index in [1.54, 1.807) is 32.0 Å². The molecule has 0 heterocycles. The lowest BCUT2D eigenvalue weighted by atomic mass is 10.2. The number of aliphatic carboxylic acids is 1. The maximum Gasteiger partial charge on any atom is 0.416 e. The Morgan fingerprint density at radius 3 is 2.37 bits per heavy atom.